The van der Waals surface area contributed by atoms with Crippen molar-refractivity contribution in [2.45, 2.75) is 25.7 Å². The summed E-state index contributed by atoms with van der Waals surface area (Å²) in [6.07, 6.45) is 4.88. The summed E-state index contributed by atoms with van der Waals surface area (Å²) in [5.41, 5.74) is 0.446. The van der Waals surface area contributed by atoms with Crippen LogP contribution >= 0.6 is 15.9 Å². The molecule has 1 amide bonds. The maximum absolute atomic E-state index is 13.5. The van der Waals surface area contributed by atoms with Crippen LogP contribution in [0.2, 0.25) is 0 Å². The van der Waals surface area contributed by atoms with E-state index < -0.39 is 0 Å². The Kier molecular flexibility index (Phi) is 3.61. The number of hydrogen-bond donors (Lipinski definition) is 0. The average molecular weight is 326 g/mol. The number of benzene rings is 1. The molecule has 2 nitrogen and oxygen atoms in total. The number of halogens is 2. The number of rotatable bonds is 5. The van der Waals surface area contributed by atoms with E-state index >= 15 is 0 Å². The molecule has 2 fully saturated rings. The quantitative estimate of drug-likeness (QED) is 0.805. The van der Waals surface area contributed by atoms with E-state index in [1.54, 1.807) is 12.1 Å². The Bertz CT molecular complexity index is 483. The fourth-order valence-electron chi connectivity index (χ4n) is 2.30. The van der Waals surface area contributed by atoms with Crippen molar-refractivity contribution < 1.29 is 9.18 Å². The Morgan fingerprint density at radius 2 is 1.79 bits per heavy atom. The van der Waals surface area contributed by atoms with Crippen molar-refractivity contribution >= 4 is 21.8 Å². The fourth-order valence-corrected chi connectivity index (χ4v) is 2.74. The van der Waals surface area contributed by atoms with E-state index in [4.69, 9.17) is 0 Å². The second kappa shape index (κ2) is 5.23. The van der Waals surface area contributed by atoms with Gasteiger partial charge in [-0.05, 0) is 65.6 Å². The molecular weight excluding hydrogens is 309 g/mol. The van der Waals surface area contributed by atoms with Gasteiger partial charge in [0.15, 0.2) is 0 Å². The Labute approximate surface area is 121 Å². The van der Waals surface area contributed by atoms with Gasteiger partial charge in [-0.3, -0.25) is 4.79 Å². The molecule has 4 heteroatoms. The molecule has 0 N–H and O–H groups in total. The summed E-state index contributed by atoms with van der Waals surface area (Å²) in [6, 6.07) is 4.66. The highest BCUT2D eigenvalue weighted by molar-refractivity contribution is 9.10. The van der Waals surface area contributed by atoms with E-state index in [9.17, 15) is 9.18 Å². The Balaban J connectivity index is 1.79. The maximum atomic E-state index is 13.5. The summed E-state index contributed by atoms with van der Waals surface area (Å²) in [7, 11) is 0. The molecule has 0 saturated heterocycles. The fraction of sp³-hybridized carbons (Fsp3) is 0.533. The first-order valence-corrected chi connectivity index (χ1v) is 7.67. The second-order valence-corrected chi connectivity index (χ2v) is 6.49. The average Bonchev–Trinajstić information content (AvgIpc) is 3.26. The van der Waals surface area contributed by atoms with Gasteiger partial charge in [-0.25, -0.2) is 4.39 Å². The van der Waals surface area contributed by atoms with E-state index in [1.165, 1.54) is 31.7 Å². The van der Waals surface area contributed by atoms with Crippen LogP contribution in [0.5, 0.6) is 0 Å². The van der Waals surface area contributed by atoms with Gasteiger partial charge in [0.25, 0.3) is 5.91 Å². The smallest absolute Gasteiger partial charge is 0.255 e. The van der Waals surface area contributed by atoms with E-state index in [0.29, 0.717) is 17.4 Å². The molecule has 0 heterocycles. The van der Waals surface area contributed by atoms with Crippen molar-refractivity contribution in [3.8, 4) is 0 Å². The minimum Gasteiger partial charge on any atom is -0.338 e. The molecule has 0 radical (unpaired) electrons. The SMILES string of the molecule is O=C(c1cccc(F)c1Br)N(CC1CC1)CC1CC1. The highest BCUT2D eigenvalue weighted by Gasteiger charge is 2.32. The van der Waals surface area contributed by atoms with E-state index in [2.05, 4.69) is 15.9 Å². The lowest BCUT2D eigenvalue weighted by Crippen LogP contribution is -2.35. The molecule has 19 heavy (non-hydrogen) atoms. The third kappa shape index (κ3) is 3.16. The predicted octanol–water partition coefficient (Wildman–Crippen LogP) is 3.85. The van der Waals surface area contributed by atoms with Gasteiger partial charge in [0.2, 0.25) is 0 Å². The number of nitrogens with zero attached hydrogens (tertiary/aromatic N) is 1. The first-order valence-electron chi connectivity index (χ1n) is 6.88. The molecule has 1 aromatic carbocycles. The third-order valence-corrected chi connectivity index (χ3v) is 4.63. The van der Waals surface area contributed by atoms with Crippen LogP contribution in [-0.4, -0.2) is 23.9 Å². The largest absolute Gasteiger partial charge is 0.338 e. The summed E-state index contributed by atoms with van der Waals surface area (Å²) in [4.78, 5) is 14.5. The van der Waals surface area contributed by atoms with Gasteiger partial charge in [0.05, 0.1) is 10.0 Å². The van der Waals surface area contributed by atoms with Crippen LogP contribution < -0.4 is 0 Å². The zero-order chi connectivity index (χ0) is 13.4. The summed E-state index contributed by atoms with van der Waals surface area (Å²) >= 11 is 3.19. The Hall–Kier alpha value is -0.900. The van der Waals surface area contributed by atoms with Crippen LogP contribution in [0.25, 0.3) is 0 Å². The molecule has 0 atom stereocenters. The van der Waals surface area contributed by atoms with Crippen LogP contribution in [0, 0.1) is 17.7 Å². The molecule has 0 unspecified atom stereocenters. The van der Waals surface area contributed by atoms with Crippen molar-refractivity contribution in [2.75, 3.05) is 13.1 Å². The second-order valence-electron chi connectivity index (χ2n) is 5.70. The lowest BCUT2D eigenvalue weighted by molar-refractivity contribution is 0.0738. The molecule has 0 bridgehead atoms. The van der Waals surface area contributed by atoms with Crippen molar-refractivity contribution in [2.24, 2.45) is 11.8 Å². The molecule has 2 saturated carbocycles. The van der Waals surface area contributed by atoms with Crippen LogP contribution in [0.15, 0.2) is 22.7 Å². The minimum atomic E-state index is -0.372. The first-order chi connectivity index (χ1) is 9.15. The standard InChI is InChI=1S/C15H17BrFNO/c16-14-12(2-1-3-13(14)17)15(19)18(8-10-4-5-10)9-11-6-7-11/h1-3,10-11H,4-9H2. The van der Waals surface area contributed by atoms with E-state index in [-0.39, 0.29) is 16.2 Å². The van der Waals surface area contributed by atoms with Crippen molar-refractivity contribution in [1.82, 2.24) is 4.90 Å². The Morgan fingerprint density at radius 1 is 1.21 bits per heavy atom. The van der Waals surface area contributed by atoms with Crippen molar-refractivity contribution in [1.29, 1.82) is 0 Å². The zero-order valence-electron chi connectivity index (χ0n) is 10.7. The molecule has 0 aromatic heterocycles. The molecule has 2 aliphatic rings. The number of carbonyl (C=O) groups is 1. The van der Waals surface area contributed by atoms with Crippen molar-refractivity contribution in [3.63, 3.8) is 0 Å². The molecule has 102 valence electrons. The van der Waals surface area contributed by atoms with Gasteiger partial charge in [0, 0.05) is 13.1 Å². The molecule has 2 aliphatic carbocycles. The normalized spacial score (nSPS) is 18.4. The minimum absolute atomic E-state index is 0.0369. The van der Waals surface area contributed by atoms with Gasteiger partial charge >= 0.3 is 0 Å². The van der Waals surface area contributed by atoms with E-state index in [0.717, 1.165) is 13.1 Å². The van der Waals surface area contributed by atoms with Gasteiger partial charge in [-0.2, -0.15) is 0 Å². The first kappa shape index (κ1) is 13.1. The van der Waals surface area contributed by atoms with Gasteiger partial charge in [-0.1, -0.05) is 6.07 Å². The molecule has 0 aliphatic heterocycles. The van der Waals surface area contributed by atoms with Crippen LogP contribution in [0.4, 0.5) is 4.39 Å². The van der Waals surface area contributed by atoms with Gasteiger partial charge in [0.1, 0.15) is 5.82 Å². The topological polar surface area (TPSA) is 20.3 Å². The predicted molar refractivity (Wildman–Crippen MR) is 75.5 cm³/mol. The lowest BCUT2D eigenvalue weighted by Gasteiger charge is -2.23. The van der Waals surface area contributed by atoms with Crippen molar-refractivity contribution in [3.05, 3.63) is 34.1 Å². The lowest BCUT2D eigenvalue weighted by atomic mass is 10.1. The van der Waals surface area contributed by atoms with Gasteiger partial charge in [-0.15, -0.1) is 0 Å². The molecule has 3 rings (SSSR count). The van der Waals surface area contributed by atoms with Crippen LogP contribution in [0.1, 0.15) is 36.0 Å². The third-order valence-electron chi connectivity index (χ3n) is 3.82. The summed E-state index contributed by atoms with van der Waals surface area (Å²) in [5.74, 6) is 0.916. The van der Waals surface area contributed by atoms with E-state index in [1.807, 2.05) is 4.90 Å². The summed E-state index contributed by atoms with van der Waals surface area (Å²) < 4.78 is 13.8. The molecule has 1 aromatic rings. The molecule has 0 spiro atoms. The zero-order valence-corrected chi connectivity index (χ0v) is 12.3. The molecular formula is C15H17BrFNO. The number of hydrogen-bond acceptors (Lipinski definition) is 1. The van der Waals surface area contributed by atoms with Crippen LogP contribution in [0.3, 0.4) is 0 Å². The highest BCUT2D eigenvalue weighted by Crippen LogP contribution is 2.35. The number of amides is 1. The number of carbonyl (C=O) groups excluding carboxylic acids is 1. The van der Waals surface area contributed by atoms with Crippen LogP contribution in [-0.2, 0) is 0 Å². The monoisotopic (exact) mass is 325 g/mol. The Morgan fingerprint density at radius 3 is 2.32 bits per heavy atom. The maximum Gasteiger partial charge on any atom is 0.255 e. The highest BCUT2D eigenvalue weighted by atomic mass is 79.9. The summed E-state index contributed by atoms with van der Waals surface area (Å²) in [5, 5.41) is 0. The van der Waals surface area contributed by atoms with Gasteiger partial charge < -0.3 is 4.90 Å². The summed E-state index contributed by atoms with van der Waals surface area (Å²) in [6.45, 7) is 1.66.